The Morgan fingerprint density at radius 2 is 2.09 bits per heavy atom. The fraction of sp³-hybridized carbons (Fsp3) is 0.333. The van der Waals surface area contributed by atoms with Gasteiger partial charge in [0.15, 0.2) is 0 Å². The van der Waals surface area contributed by atoms with E-state index in [0.29, 0.717) is 5.95 Å². The number of anilines is 2. The Morgan fingerprint density at radius 1 is 1.45 bits per heavy atom. The molecule has 0 aliphatic rings. The summed E-state index contributed by atoms with van der Waals surface area (Å²) < 4.78 is 0. The first-order valence-electron chi connectivity index (χ1n) is 3.01. The molecular formula is C6H11ClN4. The lowest BCUT2D eigenvalue weighted by Crippen LogP contribution is -2.00. The fourth-order valence-corrected chi connectivity index (χ4v) is 0.720. The van der Waals surface area contributed by atoms with Gasteiger partial charge in [0.25, 0.3) is 0 Å². The Bertz CT molecular complexity index is 218. The second-order valence-electron chi connectivity index (χ2n) is 2.00. The topological polar surface area (TPSA) is 63.8 Å². The number of aryl methyl sites for hydroxylation is 1. The van der Waals surface area contributed by atoms with E-state index in [4.69, 9.17) is 5.73 Å². The molecule has 0 atom stereocenters. The molecule has 0 bridgehead atoms. The van der Waals surface area contributed by atoms with Crippen molar-refractivity contribution >= 4 is 24.2 Å². The van der Waals surface area contributed by atoms with Crippen LogP contribution in [0.2, 0.25) is 0 Å². The van der Waals surface area contributed by atoms with E-state index in [1.54, 1.807) is 7.05 Å². The van der Waals surface area contributed by atoms with Gasteiger partial charge in [-0.15, -0.1) is 12.4 Å². The zero-order valence-corrected chi connectivity index (χ0v) is 7.27. The minimum Gasteiger partial charge on any atom is -0.373 e. The molecule has 0 fully saturated rings. The monoisotopic (exact) mass is 174 g/mol. The van der Waals surface area contributed by atoms with Crippen LogP contribution in [-0.4, -0.2) is 17.0 Å². The minimum atomic E-state index is 0. The largest absolute Gasteiger partial charge is 0.373 e. The smallest absolute Gasteiger partial charge is 0.222 e. The highest BCUT2D eigenvalue weighted by molar-refractivity contribution is 5.85. The van der Waals surface area contributed by atoms with Crippen LogP contribution in [0.5, 0.6) is 0 Å². The molecule has 0 aromatic carbocycles. The predicted molar refractivity (Wildman–Crippen MR) is 48.0 cm³/mol. The zero-order chi connectivity index (χ0) is 7.56. The van der Waals surface area contributed by atoms with Crippen LogP contribution in [-0.2, 0) is 0 Å². The van der Waals surface area contributed by atoms with Crippen molar-refractivity contribution in [3.8, 4) is 0 Å². The average Bonchev–Trinajstić information content (AvgIpc) is 1.85. The molecule has 1 aromatic heterocycles. The molecule has 0 saturated carbocycles. The summed E-state index contributed by atoms with van der Waals surface area (Å²) in [6, 6.07) is 1.83. The van der Waals surface area contributed by atoms with Gasteiger partial charge in [0, 0.05) is 18.8 Å². The molecule has 62 valence electrons. The molecule has 3 N–H and O–H groups in total. The summed E-state index contributed by atoms with van der Waals surface area (Å²) in [5, 5.41) is 2.88. The molecule has 0 amide bonds. The van der Waals surface area contributed by atoms with Crippen LogP contribution in [0.3, 0.4) is 0 Å². The SMILES string of the molecule is CNc1cc(C)nc(N)n1.Cl. The highest BCUT2D eigenvalue weighted by atomic mass is 35.5. The lowest BCUT2D eigenvalue weighted by Gasteiger charge is -1.99. The number of rotatable bonds is 1. The van der Waals surface area contributed by atoms with Crippen molar-refractivity contribution in [3.63, 3.8) is 0 Å². The third kappa shape index (κ3) is 2.59. The van der Waals surface area contributed by atoms with Crippen molar-refractivity contribution in [3.05, 3.63) is 11.8 Å². The number of nitrogen functional groups attached to an aromatic ring is 1. The van der Waals surface area contributed by atoms with Crippen LogP contribution in [0.1, 0.15) is 5.69 Å². The zero-order valence-electron chi connectivity index (χ0n) is 6.46. The summed E-state index contributed by atoms with van der Waals surface area (Å²) in [4.78, 5) is 7.82. The number of nitrogens with zero attached hydrogens (tertiary/aromatic N) is 2. The predicted octanol–water partition coefficient (Wildman–Crippen LogP) is 0.831. The van der Waals surface area contributed by atoms with E-state index in [9.17, 15) is 0 Å². The maximum absolute atomic E-state index is 5.37. The van der Waals surface area contributed by atoms with E-state index in [1.165, 1.54) is 0 Å². The van der Waals surface area contributed by atoms with Crippen molar-refractivity contribution < 1.29 is 0 Å². The second kappa shape index (κ2) is 3.98. The molecule has 0 spiro atoms. The van der Waals surface area contributed by atoms with Crippen molar-refractivity contribution in [1.82, 2.24) is 9.97 Å². The average molecular weight is 175 g/mol. The Hall–Kier alpha value is -1.03. The number of aromatic nitrogens is 2. The number of hydrogen-bond acceptors (Lipinski definition) is 4. The first-order chi connectivity index (χ1) is 4.72. The van der Waals surface area contributed by atoms with Gasteiger partial charge >= 0.3 is 0 Å². The summed E-state index contributed by atoms with van der Waals surface area (Å²) in [6.07, 6.45) is 0. The van der Waals surface area contributed by atoms with E-state index in [0.717, 1.165) is 11.5 Å². The van der Waals surface area contributed by atoms with E-state index >= 15 is 0 Å². The van der Waals surface area contributed by atoms with Crippen LogP contribution in [0.4, 0.5) is 11.8 Å². The van der Waals surface area contributed by atoms with Crippen LogP contribution in [0.15, 0.2) is 6.07 Å². The molecular weight excluding hydrogens is 164 g/mol. The van der Waals surface area contributed by atoms with Crippen molar-refractivity contribution in [2.75, 3.05) is 18.1 Å². The molecule has 4 nitrogen and oxygen atoms in total. The molecule has 0 unspecified atom stereocenters. The normalized spacial score (nSPS) is 8.55. The van der Waals surface area contributed by atoms with Gasteiger partial charge in [-0.1, -0.05) is 0 Å². The van der Waals surface area contributed by atoms with Gasteiger partial charge in [0.2, 0.25) is 5.95 Å². The summed E-state index contributed by atoms with van der Waals surface area (Å²) in [5.41, 5.74) is 6.24. The summed E-state index contributed by atoms with van der Waals surface area (Å²) in [5.74, 6) is 1.06. The maximum atomic E-state index is 5.37. The first kappa shape index (κ1) is 9.97. The van der Waals surface area contributed by atoms with E-state index in [-0.39, 0.29) is 12.4 Å². The Kier molecular flexibility index (Phi) is 3.60. The second-order valence-corrected chi connectivity index (χ2v) is 2.00. The van der Waals surface area contributed by atoms with Crippen LogP contribution in [0, 0.1) is 6.92 Å². The molecule has 0 aliphatic carbocycles. The van der Waals surface area contributed by atoms with Gasteiger partial charge in [-0.2, -0.15) is 4.98 Å². The summed E-state index contributed by atoms with van der Waals surface area (Å²) in [7, 11) is 1.79. The van der Waals surface area contributed by atoms with Gasteiger partial charge in [0.1, 0.15) is 5.82 Å². The standard InChI is InChI=1S/C6H10N4.ClH/c1-4-3-5(8-2)10-6(7)9-4;/h3H,1-2H3,(H3,7,8,9,10);1H. The summed E-state index contributed by atoms with van der Waals surface area (Å²) >= 11 is 0. The molecule has 1 aromatic rings. The molecule has 1 heterocycles. The van der Waals surface area contributed by atoms with Crippen molar-refractivity contribution in [1.29, 1.82) is 0 Å². The van der Waals surface area contributed by atoms with E-state index in [2.05, 4.69) is 15.3 Å². The molecule has 0 aliphatic heterocycles. The van der Waals surface area contributed by atoms with Gasteiger partial charge in [0.05, 0.1) is 0 Å². The van der Waals surface area contributed by atoms with Gasteiger partial charge in [-0.3, -0.25) is 0 Å². The lowest BCUT2D eigenvalue weighted by molar-refractivity contribution is 1.11. The molecule has 1 rings (SSSR count). The Labute approximate surface area is 71.6 Å². The summed E-state index contributed by atoms with van der Waals surface area (Å²) in [6.45, 7) is 1.87. The lowest BCUT2D eigenvalue weighted by atomic mass is 10.4. The quantitative estimate of drug-likeness (QED) is 0.662. The van der Waals surface area contributed by atoms with E-state index < -0.39 is 0 Å². The Balaban J connectivity index is 0.000001000. The highest BCUT2D eigenvalue weighted by Crippen LogP contribution is 2.04. The number of hydrogen-bond donors (Lipinski definition) is 2. The molecule has 5 heteroatoms. The first-order valence-corrected chi connectivity index (χ1v) is 3.01. The van der Waals surface area contributed by atoms with E-state index in [1.807, 2.05) is 13.0 Å². The van der Waals surface area contributed by atoms with Gasteiger partial charge in [-0.05, 0) is 6.92 Å². The minimum absolute atomic E-state index is 0. The Morgan fingerprint density at radius 3 is 2.55 bits per heavy atom. The third-order valence-corrected chi connectivity index (χ3v) is 1.13. The molecule has 0 saturated heterocycles. The number of nitrogens with one attached hydrogen (secondary N) is 1. The van der Waals surface area contributed by atoms with Gasteiger partial charge < -0.3 is 11.1 Å². The number of halogens is 1. The highest BCUT2D eigenvalue weighted by Gasteiger charge is 1.94. The molecule has 11 heavy (non-hydrogen) atoms. The van der Waals surface area contributed by atoms with Gasteiger partial charge in [-0.25, -0.2) is 4.98 Å². The van der Waals surface area contributed by atoms with Crippen molar-refractivity contribution in [2.24, 2.45) is 0 Å². The van der Waals surface area contributed by atoms with Crippen molar-refractivity contribution in [2.45, 2.75) is 6.92 Å². The molecule has 0 radical (unpaired) electrons. The maximum Gasteiger partial charge on any atom is 0.222 e. The third-order valence-electron chi connectivity index (χ3n) is 1.13. The van der Waals surface area contributed by atoms with Crippen LogP contribution < -0.4 is 11.1 Å². The number of nitrogens with two attached hydrogens (primary N) is 1. The van der Waals surface area contributed by atoms with Crippen LogP contribution in [0.25, 0.3) is 0 Å². The fourth-order valence-electron chi connectivity index (χ4n) is 0.720. The van der Waals surface area contributed by atoms with Crippen LogP contribution >= 0.6 is 12.4 Å².